The molecule has 0 fully saturated rings. The van der Waals surface area contributed by atoms with Crippen molar-refractivity contribution in [1.29, 1.82) is 0 Å². The fourth-order valence-electron chi connectivity index (χ4n) is 2.33. The van der Waals surface area contributed by atoms with Crippen LogP contribution in [0.25, 0.3) is 0 Å². The Balaban J connectivity index is 1.74. The van der Waals surface area contributed by atoms with Gasteiger partial charge in [-0.25, -0.2) is 9.25 Å². The molecule has 0 bridgehead atoms. The summed E-state index contributed by atoms with van der Waals surface area (Å²) < 4.78 is 41.1. The number of aryl methyl sites for hydroxylation is 1. The average molecular weight is 361 g/mol. The smallest absolute Gasteiger partial charge is 0.382 e. The van der Waals surface area contributed by atoms with Gasteiger partial charge in [0.2, 0.25) is 0 Å². The molecule has 1 aromatic carbocycles. The second-order valence-corrected chi connectivity index (χ2v) is 5.70. The normalized spacial score (nSPS) is 12.0. The molecule has 6 nitrogen and oxygen atoms in total. The van der Waals surface area contributed by atoms with Gasteiger partial charge in [0.05, 0.1) is 24.0 Å². The highest BCUT2D eigenvalue weighted by atomic mass is 19.4. The van der Waals surface area contributed by atoms with Crippen LogP contribution in [-0.4, -0.2) is 9.78 Å². The van der Waals surface area contributed by atoms with Gasteiger partial charge >= 0.3 is 6.18 Å². The molecule has 0 spiro atoms. The monoisotopic (exact) mass is 361 g/mol. The first-order valence-corrected chi connectivity index (χ1v) is 7.67. The van der Waals surface area contributed by atoms with E-state index in [-0.39, 0.29) is 0 Å². The zero-order valence-electron chi connectivity index (χ0n) is 13.9. The summed E-state index contributed by atoms with van der Waals surface area (Å²) in [7, 11) is 1.92. The fraction of sp³-hybridized carbons (Fsp3) is 0.176. The van der Waals surface area contributed by atoms with Crippen LogP contribution in [0.2, 0.25) is 0 Å². The molecule has 2 heterocycles. The third-order valence-electron chi connectivity index (χ3n) is 3.66. The molecule has 0 unspecified atom stereocenters. The van der Waals surface area contributed by atoms with Crippen molar-refractivity contribution >= 4 is 17.2 Å². The molecule has 3 rings (SSSR count). The van der Waals surface area contributed by atoms with E-state index in [4.69, 9.17) is 5.73 Å². The highest BCUT2D eigenvalue weighted by Gasteiger charge is 2.29. The SMILES string of the molecule is C[n+]1cccc(Cn2ncc(N=Nc3ccc(C(F)(F)F)cc3)c2N)c1. The maximum atomic E-state index is 12.5. The first-order valence-electron chi connectivity index (χ1n) is 7.67. The molecule has 0 atom stereocenters. The molecule has 134 valence electrons. The zero-order valence-corrected chi connectivity index (χ0v) is 13.9. The third-order valence-corrected chi connectivity index (χ3v) is 3.66. The maximum absolute atomic E-state index is 12.5. The van der Waals surface area contributed by atoms with E-state index in [1.165, 1.54) is 18.3 Å². The molecule has 0 aliphatic rings. The molecule has 9 heteroatoms. The number of pyridine rings is 1. The van der Waals surface area contributed by atoms with Crippen molar-refractivity contribution in [1.82, 2.24) is 9.78 Å². The summed E-state index contributed by atoms with van der Waals surface area (Å²) in [5.74, 6) is 0.326. The minimum absolute atomic E-state index is 0.292. The van der Waals surface area contributed by atoms with Gasteiger partial charge in [0.1, 0.15) is 18.6 Å². The number of halogens is 3. The van der Waals surface area contributed by atoms with E-state index in [1.807, 2.05) is 36.1 Å². The molecule has 0 radical (unpaired) electrons. The Kier molecular flexibility index (Phi) is 4.70. The number of hydrogen-bond acceptors (Lipinski definition) is 4. The minimum atomic E-state index is -4.38. The minimum Gasteiger partial charge on any atom is -0.382 e. The molecule has 0 amide bonds. The second kappa shape index (κ2) is 6.95. The lowest BCUT2D eigenvalue weighted by Crippen LogP contribution is -2.27. The van der Waals surface area contributed by atoms with Gasteiger partial charge in [0.25, 0.3) is 0 Å². The lowest BCUT2D eigenvalue weighted by molar-refractivity contribution is -0.671. The third kappa shape index (κ3) is 4.05. The summed E-state index contributed by atoms with van der Waals surface area (Å²) in [5.41, 5.74) is 6.94. The number of nitrogens with two attached hydrogens (primary N) is 1. The lowest BCUT2D eigenvalue weighted by atomic mass is 10.2. The molecule has 0 saturated heterocycles. The van der Waals surface area contributed by atoms with Gasteiger partial charge in [-0.3, -0.25) is 0 Å². The van der Waals surface area contributed by atoms with E-state index in [9.17, 15) is 13.2 Å². The van der Waals surface area contributed by atoms with Crippen molar-refractivity contribution in [3.05, 3.63) is 66.1 Å². The van der Waals surface area contributed by atoms with Crippen LogP contribution in [0.15, 0.2) is 65.2 Å². The highest BCUT2D eigenvalue weighted by molar-refractivity contribution is 5.56. The molecule has 0 saturated carbocycles. The van der Waals surface area contributed by atoms with E-state index in [0.717, 1.165) is 17.7 Å². The number of benzene rings is 1. The number of aromatic nitrogens is 3. The summed E-state index contributed by atoms with van der Waals surface area (Å²) in [6.07, 6.45) is 0.950. The van der Waals surface area contributed by atoms with Crippen LogP contribution in [0.1, 0.15) is 11.1 Å². The van der Waals surface area contributed by atoms with Crippen molar-refractivity contribution in [2.75, 3.05) is 5.73 Å². The largest absolute Gasteiger partial charge is 0.416 e. The zero-order chi connectivity index (χ0) is 18.7. The van der Waals surface area contributed by atoms with Crippen LogP contribution in [0.5, 0.6) is 0 Å². The van der Waals surface area contributed by atoms with E-state index >= 15 is 0 Å². The van der Waals surface area contributed by atoms with Crippen molar-refractivity contribution in [3.8, 4) is 0 Å². The number of azo groups is 1. The van der Waals surface area contributed by atoms with E-state index in [0.29, 0.717) is 23.7 Å². The molecule has 2 aromatic heterocycles. The van der Waals surface area contributed by atoms with E-state index < -0.39 is 11.7 Å². The van der Waals surface area contributed by atoms with E-state index in [2.05, 4.69) is 15.3 Å². The molecular weight excluding hydrogens is 345 g/mol. The maximum Gasteiger partial charge on any atom is 0.416 e. The van der Waals surface area contributed by atoms with Gasteiger partial charge in [0, 0.05) is 11.6 Å². The predicted molar refractivity (Wildman–Crippen MR) is 89.0 cm³/mol. The summed E-state index contributed by atoms with van der Waals surface area (Å²) in [6, 6.07) is 8.27. The molecule has 3 aromatic rings. The molecule has 2 N–H and O–H groups in total. The van der Waals surface area contributed by atoms with Gasteiger partial charge in [-0.15, -0.1) is 5.11 Å². The van der Waals surface area contributed by atoms with Crippen molar-refractivity contribution < 1.29 is 17.7 Å². The summed E-state index contributed by atoms with van der Waals surface area (Å²) >= 11 is 0. The number of alkyl halides is 3. The van der Waals surface area contributed by atoms with Crippen LogP contribution >= 0.6 is 0 Å². The quantitative estimate of drug-likeness (QED) is 0.567. The van der Waals surface area contributed by atoms with Crippen LogP contribution in [0, 0.1) is 0 Å². The molecule has 0 aliphatic heterocycles. The highest BCUT2D eigenvalue weighted by Crippen LogP contribution is 2.31. The Bertz CT molecular complexity index is 928. The number of nitrogen functional groups attached to an aromatic ring is 1. The standard InChI is InChI=1S/C17H16F3N6/c1-25-8-2-3-12(10-25)11-26-16(21)15(9-22-26)24-23-14-6-4-13(5-7-14)17(18,19)20/h2-10H,11,21H2,1H3/q+1. The van der Waals surface area contributed by atoms with Crippen LogP contribution in [0.4, 0.5) is 30.4 Å². The fourth-order valence-corrected chi connectivity index (χ4v) is 2.33. The topological polar surface area (TPSA) is 72.4 Å². The van der Waals surface area contributed by atoms with Crippen molar-refractivity contribution in [2.24, 2.45) is 17.3 Å². The molecular formula is C17H16F3N6+. The number of rotatable bonds is 4. The summed E-state index contributed by atoms with van der Waals surface area (Å²) in [4.78, 5) is 0. The van der Waals surface area contributed by atoms with Gasteiger partial charge in [-0.2, -0.15) is 23.4 Å². The Morgan fingerprint density at radius 1 is 1.15 bits per heavy atom. The Morgan fingerprint density at radius 3 is 2.54 bits per heavy atom. The predicted octanol–water partition coefficient (Wildman–Crippen LogP) is 3.77. The number of nitrogens with zero attached hydrogens (tertiary/aromatic N) is 5. The first kappa shape index (κ1) is 17.6. The average Bonchev–Trinajstić information content (AvgIpc) is 2.93. The van der Waals surface area contributed by atoms with Crippen LogP contribution < -0.4 is 10.3 Å². The van der Waals surface area contributed by atoms with Crippen molar-refractivity contribution in [3.63, 3.8) is 0 Å². The summed E-state index contributed by atoms with van der Waals surface area (Å²) in [6.45, 7) is 0.469. The Labute approximate surface area is 147 Å². The van der Waals surface area contributed by atoms with Gasteiger partial charge in [-0.1, -0.05) is 0 Å². The van der Waals surface area contributed by atoms with Gasteiger partial charge in [0.15, 0.2) is 12.4 Å². The van der Waals surface area contributed by atoms with Crippen molar-refractivity contribution in [2.45, 2.75) is 12.7 Å². The first-order chi connectivity index (χ1) is 12.3. The van der Waals surface area contributed by atoms with Crippen LogP contribution in [-0.2, 0) is 19.8 Å². The van der Waals surface area contributed by atoms with Gasteiger partial charge in [-0.05, 0) is 30.3 Å². The molecule has 26 heavy (non-hydrogen) atoms. The lowest BCUT2D eigenvalue weighted by Gasteiger charge is -2.05. The number of hydrogen-bond donors (Lipinski definition) is 1. The summed E-state index contributed by atoms with van der Waals surface area (Å²) in [5, 5.41) is 12.1. The Morgan fingerprint density at radius 2 is 1.88 bits per heavy atom. The molecule has 0 aliphatic carbocycles. The van der Waals surface area contributed by atoms with E-state index in [1.54, 1.807) is 4.68 Å². The van der Waals surface area contributed by atoms with Crippen LogP contribution in [0.3, 0.4) is 0 Å². The second-order valence-electron chi connectivity index (χ2n) is 5.70. The van der Waals surface area contributed by atoms with Gasteiger partial charge < -0.3 is 5.73 Å². The Hall–Kier alpha value is -3.23. The number of anilines is 1.